The Kier molecular flexibility index (Phi) is 7.06. The van der Waals surface area contributed by atoms with E-state index in [-0.39, 0.29) is 16.3 Å². The van der Waals surface area contributed by atoms with E-state index in [1.807, 2.05) is 13.8 Å². The van der Waals surface area contributed by atoms with Crippen LogP contribution < -0.4 is 10.3 Å². The van der Waals surface area contributed by atoms with Crippen LogP contribution in [0, 0.1) is 6.92 Å². The third kappa shape index (κ3) is 4.47. The van der Waals surface area contributed by atoms with Crippen LogP contribution in [-0.4, -0.2) is 76.7 Å². The SMILES string of the molecule is [CH2]CN1CCN(S(=O)(=O)c2ccc(OCC)c(-c3nc4c(CCC)nn(C)c4c(=O)[nH]3)c2)CC1. The van der Waals surface area contributed by atoms with Crippen LogP contribution in [0.5, 0.6) is 5.75 Å². The largest absolute Gasteiger partial charge is 0.493 e. The highest BCUT2D eigenvalue weighted by molar-refractivity contribution is 7.89. The number of sulfonamides is 1. The minimum absolute atomic E-state index is 0.136. The molecule has 1 N–H and O–H groups in total. The molecule has 183 valence electrons. The van der Waals surface area contributed by atoms with Crippen LogP contribution in [0.15, 0.2) is 27.9 Å². The van der Waals surface area contributed by atoms with Crippen molar-refractivity contribution in [1.29, 1.82) is 0 Å². The molecule has 1 fully saturated rings. The summed E-state index contributed by atoms with van der Waals surface area (Å²) in [5.74, 6) is 0.706. The summed E-state index contributed by atoms with van der Waals surface area (Å²) in [6, 6.07) is 4.70. The highest BCUT2D eigenvalue weighted by Gasteiger charge is 2.29. The molecule has 10 nitrogen and oxygen atoms in total. The molecule has 1 radical (unpaired) electrons. The van der Waals surface area contributed by atoms with E-state index in [1.165, 1.54) is 15.1 Å². The Morgan fingerprint density at radius 1 is 1.18 bits per heavy atom. The summed E-state index contributed by atoms with van der Waals surface area (Å²) in [6.45, 7) is 10.9. The average Bonchev–Trinajstić information content (AvgIpc) is 3.15. The lowest BCUT2D eigenvalue weighted by molar-refractivity contribution is 0.203. The Morgan fingerprint density at radius 2 is 1.91 bits per heavy atom. The van der Waals surface area contributed by atoms with E-state index < -0.39 is 10.0 Å². The lowest BCUT2D eigenvalue weighted by Crippen LogP contribution is -2.48. The zero-order valence-electron chi connectivity index (χ0n) is 19.9. The number of nitrogens with zero attached hydrogens (tertiary/aromatic N) is 5. The number of hydrogen-bond acceptors (Lipinski definition) is 7. The summed E-state index contributed by atoms with van der Waals surface area (Å²) in [4.78, 5) is 22.7. The molecule has 1 aliphatic rings. The van der Waals surface area contributed by atoms with Gasteiger partial charge in [0.25, 0.3) is 5.56 Å². The Labute approximate surface area is 199 Å². The summed E-state index contributed by atoms with van der Waals surface area (Å²) in [7, 11) is -2.01. The van der Waals surface area contributed by atoms with Crippen LogP contribution in [0.2, 0.25) is 0 Å². The minimum atomic E-state index is -3.73. The van der Waals surface area contributed by atoms with Crippen LogP contribution in [-0.2, 0) is 23.5 Å². The molecule has 0 unspecified atom stereocenters. The van der Waals surface area contributed by atoms with Gasteiger partial charge in [0, 0.05) is 33.2 Å². The van der Waals surface area contributed by atoms with Gasteiger partial charge in [0.15, 0.2) is 5.52 Å². The number of ether oxygens (including phenoxy) is 1. The number of nitrogens with one attached hydrogen (secondary N) is 1. The van der Waals surface area contributed by atoms with Crippen molar-refractivity contribution in [3.05, 3.63) is 41.2 Å². The number of aromatic amines is 1. The molecular formula is C23H31N6O4S. The molecule has 0 spiro atoms. The third-order valence-electron chi connectivity index (χ3n) is 6.04. The molecule has 1 aliphatic heterocycles. The first-order valence-corrected chi connectivity index (χ1v) is 13.0. The summed E-state index contributed by atoms with van der Waals surface area (Å²) in [5, 5.41) is 4.46. The number of rotatable bonds is 8. The van der Waals surface area contributed by atoms with Gasteiger partial charge in [-0.1, -0.05) is 13.3 Å². The molecule has 0 aliphatic carbocycles. The fraction of sp³-hybridized carbons (Fsp3) is 0.478. The van der Waals surface area contributed by atoms with Gasteiger partial charge in [0.05, 0.1) is 22.8 Å². The highest BCUT2D eigenvalue weighted by atomic mass is 32.2. The maximum absolute atomic E-state index is 13.4. The fourth-order valence-corrected chi connectivity index (χ4v) is 5.71. The second-order valence-electron chi connectivity index (χ2n) is 8.27. The van der Waals surface area contributed by atoms with Gasteiger partial charge in [-0.2, -0.15) is 9.40 Å². The van der Waals surface area contributed by atoms with Crippen molar-refractivity contribution in [1.82, 2.24) is 29.0 Å². The number of aromatic nitrogens is 4. The number of piperazine rings is 1. The topological polar surface area (TPSA) is 113 Å². The molecule has 3 aromatic rings. The van der Waals surface area contributed by atoms with Gasteiger partial charge in [0.2, 0.25) is 10.0 Å². The van der Waals surface area contributed by atoms with Crippen LogP contribution in [0.25, 0.3) is 22.4 Å². The normalized spacial score (nSPS) is 15.8. The molecule has 0 atom stereocenters. The van der Waals surface area contributed by atoms with E-state index in [9.17, 15) is 13.2 Å². The monoisotopic (exact) mass is 487 g/mol. The smallest absolute Gasteiger partial charge is 0.277 e. The van der Waals surface area contributed by atoms with Crippen molar-refractivity contribution in [2.45, 2.75) is 31.6 Å². The van der Waals surface area contributed by atoms with Crippen LogP contribution in [0.3, 0.4) is 0 Å². The van der Waals surface area contributed by atoms with Crippen molar-refractivity contribution >= 4 is 21.1 Å². The van der Waals surface area contributed by atoms with Crippen LogP contribution in [0.1, 0.15) is 26.0 Å². The molecule has 1 saturated heterocycles. The Hall–Kier alpha value is -2.76. The first kappa shape index (κ1) is 24.4. The van der Waals surface area contributed by atoms with Gasteiger partial charge in [-0.15, -0.1) is 0 Å². The quantitative estimate of drug-likeness (QED) is 0.516. The second-order valence-corrected chi connectivity index (χ2v) is 10.2. The van der Waals surface area contributed by atoms with Crippen molar-refractivity contribution in [3.63, 3.8) is 0 Å². The molecule has 0 amide bonds. The van der Waals surface area contributed by atoms with E-state index >= 15 is 0 Å². The van der Waals surface area contributed by atoms with E-state index in [2.05, 4.69) is 21.9 Å². The number of benzene rings is 1. The molecule has 3 heterocycles. The lowest BCUT2D eigenvalue weighted by atomic mass is 10.1. The van der Waals surface area contributed by atoms with E-state index in [1.54, 1.807) is 19.2 Å². The predicted octanol–water partition coefficient (Wildman–Crippen LogP) is 1.82. The lowest BCUT2D eigenvalue weighted by Gasteiger charge is -2.33. The summed E-state index contributed by atoms with van der Waals surface area (Å²) in [5.41, 5.74) is 1.72. The molecule has 1 aromatic carbocycles. The number of aryl methyl sites for hydroxylation is 2. The zero-order chi connectivity index (χ0) is 24.5. The molecule has 11 heteroatoms. The van der Waals surface area contributed by atoms with Gasteiger partial charge in [-0.25, -0.2) is 13.4 Å². The summed E-state index contributed by atoms with van der Waals surface area (Å²) in [6.07, 6.45) is 1.54. The Bertz CT molecular complexity index is 1340. The van der Waals surface area contributed by atoms with Crippen molar-refractivity contribution in [2.24, 2.45) is 7.05 Å². The van der Waals surface area contributed by atoms with Gasteiger partial charge in [0.1, 0.15) is 17.1 Å². The summed E-state index contributed by atoms with van der Waals surface area (Å²) < 4.78 is 35.6. The zero-order valence-corrected chi connectivity index (χ0v) is 20.7. The first-order chi connectivity index (χ1) is 16.3. The van der Waals surface area contributed by atoms with Gasteiger partial charge < -0.3 is 14.6 Å². The average molecular weight is 488 g/mol. The standard InChI is InChI=1S/C23H31N6O4S/c1-5-8-18-20-21(27(4)26-18)23(30)25-22(24-20)17-15-16(9-10-19(17)33-7-3)34(31,32)29-13-11-28(6-2)12-14-29/h9-10,15H,2,5-8,11-14H2,1,3-4H3,(H,24,25,30). The van der Waals surface area contributed by atoms with Gasteiger partial charge in [-0.3, -0.25) is 9.48 Å². The van der Waals surface area contributed by atoms with Gasteiger partial charge >= 0.3 is 0 Å². The van der Waals surface area contributed by atoms with Crippen molar-refractivity contribution in [3.8, 4) is 17.1 Å². The second kappa shape index (κ2) is 9.85. The molecule has 2 aromatic heterocycles. The van der Waals surface area contributed by atoms with Crippen LogP contribution in [0.4, 0.5) is 0 Å². The number of H-pyrrole nitrogens is 1. The maximum atomic E-state index is 13.4. The fourth-order valence-electron chi connectivity index (χ4n) is 4.26. The van der Waals surface area contributed by atoms with Gasteiger partial charge in [-0.05, 0) is 45.0 Å². The summed E-state index contributed by atoms with van der Waals surface area (Å²) >= 11 is 0. The predicted molar refractivity (Wildman–Crippen MR) is 130 cm³/mol. The van der Waals surface area contributed by atoms with Crippen molar-refractivity contribution < 1.29 is 13.2 Å². The number of fused-ring (bicyclic) bond motifs is 1. The maximum Gasteiger partial charge on any atom is 0.277 e. The Balaban J connectivity index is 1.82. The number of hydrogen-bond donors (Lipinski definition) is 1. The molecule has 4 rings (SSSR count). The van der Waals surface area contributed by atoms with E-state index in [4.69, 9.17) is 9.72 Å². The first-order valence-electron chi connectivity index (χ1n) is 11.5. The highest BCUT2D eigenvalue weighted by Crippen LogP contribution is 2.32. The molecule has 0 bridgehead atoms. The third-order valence-corrected chi connectivity index (χ3v) is 7.94. The van der Waals surface area contributed by atoms with E-state index in [0.717, 1.165) is 12.1 Å². The van der Waals surface area contributed by atoms with Crippen molar-refractivity contribution in [2.75, 3.05) is 39.3 Å². The minimum Gasteiger partial charge on any atom is -0.493 e. The van der Waals surface area contributed by atoms with E-state index in [0.29, 0.717) is 68.1 Å². The molecule has 34 heavy (non-hydrogen) atoms. The molecule has 0 saturated carbocycles. The molecular weight excluding hydrogens is 456 g/mol. The Morgan fingerprint density at radius 3 is 2.56 bits per heavy atom. The van der Waals surface area contributed by atoms with Crippen LogP contribution >= 0.6 is 0 Å².